The van der Waals surface area contributed by atoms with Crippen LogP contribution in [-0.4, -0.2) is 22.9 Å². The molecular weight excluding hydrogens is 299 g/mol. The van der Waals surface area contributed by atoms with Gasteiger partial charge in [0.05, 0.1) is 0 Å². The first-order valence-corrected chi connectivity index (χ1v) is 5.74. The molecule has 0 bridgehead atoms. The van der Waals surface area contributed by atoms with Crippen LogP contribution in [0.1, 0.15) is 26.3 Å². The lowest BCUT2D eigenvalue weighted by atomic mass is 10.1. The molecule has 118 valence electrons. The molecule has 0 aromatic carbocycles. The Bertz CT molecular complexity index is 506. The van der Waals surface area contributed by atoms with Crippen molar-refractivity contribution in [3.8, 4) is 0 Å². The molecule has 0 spiro atoms. The molecule has 21 heavy (non-hydrogen) atoms. The number of carbonyl (C=O) groups excluding carboxylic acids is 1. The quantitative estimate of drug-likeness (QED) is 0.837. The van der Waals surface area contributed by atoms with E-state index in [1.807, 2.05) is 0 Å². The van der Waals surface area contributed by atoms with E-state index >= 15 is 0 Å². The summed E-state index contributed by atoms with van der Waals surface area (Å²) < 4.78 is 67.3. The number of carbonyl (C=O) groups is 1. The molecule has 0 unspecified atom stereocenters. The zero-order valence-corrected chi connectivity index (χ0v) is 11.4. The molecule has 0 saturated carbocycles. The maximum absolute atomic E-state index is 13.0. The minimum atomic E-state index is -5.71. The van der Waals surface area contributed by atoms with E-state index in [2.05, 4.69) is 10.3 Å². The number of anilines is 1. The number of halogens is 5. The smallest absolute Gasteiger partial charge is 0.444 e. The fraction of sp³-hybridized carbons (Fsp3) is 0.500. The zero-order chi connectivity index (χ0) is 16.5. The predicted octanol–water partition coefficient (Wildman–Crippen LogP) is 4.08. The highest BCUT2D eigenvalue weighted by Crippen LogP contribution is 2.43. The Morgan fingerprint density at radius 1 is 1.14 bits per heavy atom. The summed E-state index contributed by atoms with van der Waals surface area (Å²) in [6, 6.07) is 1.37. The van der Waals surface area contributed by atoms with E-state index in [0.717, 1.165) is 6.07 Å². The van der Waals surface area contributed by atoms with Crippen molar-refractivity contribution < 1.29 is 31.5 Å². The van der Waals surface area contributed by atoms with Gasteiger partial charge in [-0.3, -0.25) is 5.32 Å². The normalized spacial score (nSPS) is 13.0. The Hall–Kier alpha value is -1.93. The highest BCUT2D eigenvalue weighted by atomic mass is 19.4. The summed E-state index contributed by atoms with van der Waals surface area (Å²) >= 11 is 0. The van der Waals surface area contributed by atoms with E-state index in [-0.39, 0.29) is 5.82 Å². The maximum atomic E-state index is 13.0. The molecule has 0 atom stereocenters. The lowest BCUT2D eigenvalue weighted by Gasteiger charge is -2.20. The van der Waals surface area contributed by atoms with E-state index in [1.165, 1.54) is 0 Å². The van der Waals surface area contributed by atoms with Gasteiger partial charge in [0.15, 0.2) is 0 Å². The largest absolute Gasteiger partial charge is 0.458 e. The molecule has 0 aliphatic carbocycles. The lowest BCUT2D eigenvalue weighted by molar-refractivity contribution is -0.289. The molecule has 1 N–H and O–H groups in total. The second kappa shape index (κ2) is 5.45. The van der Waals surface area contributed by atoms with Gasteiger partial charge >= 0.3 is 18.2 Å². The van der Waals surface area contributed by atoms with Crippen molar-refractivity contribution >= 4 is 11.9 Å². The van der Waals surface area contributed by atoms with E-state index in [9.17, 15) is 26.7 Å². The monoisotopic (exact) mass is 312 g/mol. The summed E-state index contributed by atoms with van der Waals surface area (Å²) in [5.41, 5.74) is -2.10. The van der Waals surface area contributed by atoms with Crippen LogP contribution < -0.4 is 5.32 Å². The summed E-state index contributed by atoms with van der Waals surface area (Å²) in [5, 5.41) is 2.12. The number of nitrogens with one attached hydrogen (secondary N) is 1. The Morgan fingerprint density at radius 3 is 2.10 bits per heavy atom. The molecule has 0 radical (unpaired) electrons. The number of hydrogen-bond donors (Lipinski definition) is 1. The maximum Gasteiger partial charge on any atom is 0.458 e. The number of pyridine rings is 1. The number of rotatable bonds is 2. The van der Waals surface area contributed by atoms with Crippen LogP contribution in [0.25, 0.3) is 0 Å². The van der Waals surface area contributed by atoms with Crippen molar-refractivity contribution in [2.75, 3.05) is 5.32 Å². The van der Waals surface area contributed by atoms with Crippen LogP contribution >= 0.6 is 0 Å². The number of amides is 1. The molecule has 9 heteroatoms. The van der Waals surface area contributed by atoms with Crippen molar-refractivity contribution in [3.05, 3.63) is 23.9 Å². The van der Waals surface area contributed by atoms with Gasteiger partial charge in [0.25, 0.3) is 0 Å². The number of ether oxygens (including phenoxy) is 1. The van der Waals surface area contributed by atoms with Crippen molar-refractivity contribution in [2.24, 2.45) is 0 Å². The molecule has 0 aliphatic rings. The molecule has 1 heterocycles. The van der Waals surface area contributed by atoms with Crippen LogP contribution in [0.2, 0.25) is 0 Å². The Balaban J connectivity index is 2.82. The van der Waals surface area contributed by atoms with Gasteiger partial charge in [-0.2, -0.15) is 22.0 Å². The molecule has 1 aromatic heterocycles. The van der Waals surface area contributed by atoms with Crippen LogP contribution in [0, 0.1) is 0 Å². The SMILES string of the molecule is CC(C)(C)OC(=O)Nc1ccc(C(F)(F)C(F)(F)F)cn1. The number of alkyl halides is 5. The first kappa shape index (κ1) is 17.1. The fourth-order valence-corrected chi connectivity index (χ4v) is 1.23. The number of hydrogen-bond acceptors (Lipinski definition) is 3. The summed E-state index contributed by atoms with van der Waals surface area (Å²) in [4.78, 5) is 14.7. The van der Waals surface area contributed by atoms with Gasteiger partial charge < -0.3 is 4.74 Å². The van der Waals surface area contributed by atoms with Crippen molar-refractivity contribution in [1.29, 1.82) is 0 Å². The average Bonchev–Trinajstić information content (AvgIpc) is 2.25. The van der Waals surface area contributed by atoms with Crippen molar-refractivity contribution in [2.45, 2.75) is 38.5 Å². The van der Waals surface area contributed by atoms with Gasteiger partial charge in [-0.1, -0.05) is 0 Å². The molecule has 1 amide bonds. The van der Waals surface area contributed by atoms with Gasteiger partial charge in [-0.25, -0.2) is 9.78 Å². The van der Waals surface area contributed by atoms with Crippen LogP contribution in [0.3, 0.4) is 0 Å². The molecule has 0 fully saturated rings. The summed E-state index contributed by atoms with van der Waals surface area (Å²) in [6.45, 7) is 4.81. The summed E-state index contributed by atoms with van der Waals surface area (Å²) in [5.74, 6) is -5.21. The Morgan fingerprint density at radius 2 is 1.71 bits per heavy atom. The fourth-order valence-electron chi connectivity index (χ4n) is 1.23. The highest BCUT2D eigenvalue weighted by molar-refractivity contribution is 5.83. The minimum absolute atomic E-state index is 0.203. The van der Waals surface area contributed by atoms with Crippen LogP contribution in [-0.2, 0) is 10.7 Å². The third-order valence-corrected chi connectivity index (χ3v) is 2.11. The van der Waals surface area contributed by atoms with Gasteiger partial charge in [-0.15, -0.1) is 0 Å². The average molecular weight is 312 g/mol. The van der Waals surface area contributed by atoms with E-state index in [1.54, 1.807) is 20.8 Å². The van der Waals surface area contributed by atoms with Crippen LogP contribution in [0.4, 0.5) is 32.6 Å². The van der Waals surface area contributed by atoms with Crippen molar-refractivity contribution in [3.63, 3.8) is 0 Å². The van der Waals surface area contributed by atoms with Crippen LogP contribution in [0.5, 0.6) is 0 Å². The zero-order valence-electron chi connectivity index (χ0n) is 11.4. The molecule has 0 saturated heterocycles. The van der Waals surface area contributed by atoms with Gasteiger partial charge in [-0.05, 0) is 32.9 Å². The third-order valence-electron chi connectivity index (χ3n) is 2.11. The van der Waals surface area contributed by atoms with E-state index in [0.29, 0.717) is 12.3 Å². The number of nitrogens with zero attached hydrogens (tertiary/aromatic N) is 1. The topological polar surface area (TPSA) is 51.2 Å². The molecular formula is C12H13F5N2O2. The second-order valence-electron chi connectivity index (χ2n) is 5.13. The Kier molecular flexibility index (Phi) is 4.45. The number of aromatic nitrogens is 1. The van der Waals surface area contributed by atoms with Gasteiger partial charge in [0, 0.05) is 11.8 Å². The van der Waals surface area contributed by atoms with Gasteiger partial charge in [0.2, 0.25) is 0 Å². The van der Waals surface area contributed by atoms with Crippen molar-refractivity contribution in [1.82, 2.24) is 4.98 Å². The lowest BCUT2D eigenvalue weighted by Crippen LogP contribution is -2.33. The molecule has 0 aliphatic heterocycles. The molecule has 4 nitrogen and oxygen atoms in total. The first-order chi connectivity index (χ1) is 9.33. The Labute approximate surface area is 117 Å². The molecule has 1 aromatic rings. The second-order valence-corrected chi connectivity index (χ2v) is 5.13. The predicted molar refractivity (Wildman–Crippen MR) is 64.0 cm³/mol. The molecule has 1 rings (SSSR count). The van der Waals surface area contributed by atoms with E-state index < -0.39 is 29.4 Å². The van der Waals surface area contributed by atoms with E-state index in [4.69, 9.17) is 4.74 Å². The minimum Gasteiger partial charge on any atom is -0.444 e. The summed E-state index contributed by atoms with van der Waals surface area (Å²) in [7, 11) is 0. The summed E-state index contributed by atoms with van der Waals surface area (Å²) in [6.07, 6.45) is -6.26. The third kappa shape index (κ3) is 4.54. The first-order valence-electron chi connectivity index (χ1n) is 5.74. The highest BCUT2D eigenvalue weighted by Gasteiger charge is 2.58. The standard InChI is InChI=1S/C12H13F5N2O2/c1-10(2,3)21-9(20)19-8-5-4-7(6-18-8)11(13,14)12(15,16)17/h4-6H,1-3H3,(H,18,19,20). The van der Waals surface area contributed by atoms with Crippen LogP contribution in [0.15, 0.2) is 18.3 Å². The van der Waals surface area contributed by atoms with Gasteiger partial charge in [0.1, 0.15) is 11.4 Å².